The number of allylic oxidation sites excluding steroid dienone is 4. The first-order valence-electron chi connectivity index (χ1n) is 10.7. The fourth-order valence-electron chi connectivity index (χ4n) is 2.83. The van der Waals surface area contributed by atoms with E-state index in [1.807, 2.05) is 63.4 Å². The molecule has 0 bridgehead atoms. The summed E-state index contributed by atoms with van der Waals surface area (Å²) in [5.41, 5.74) is 6.72. The first-order chi connectivity index (χ1) is 14.8. The number of ether oxygens (including phenoxy) is 1. The zero-order chi connectivity index (χ0) is 23.2. The normalized spacial score (nSPS) is 12.0. The predicted molar refractivity (Wildman–Crippen MR) is 137 cm³/mol. The van der Waals surface area contributed by atoms with Crippen molar-refractivity contribution in [2.45, 2.75) is 40.7 Å². The van der Waals surface area contributed by atoms with E-state index in [0.29, 0.717) is 12.5 Å². The van der Waals surface area contributed by atoms with Crippen molar-refractivity contribution < 1.29 is 4.74 Å². The molecule has 1 N–H and O–H groups in total. The summed E-state index contributed by atoms with van der Waals surface area (Å²) >= 11 is 0. The molecule has 0 aromatic heterocycles. The van der Waals surface area contributed by atoms with Gasteiger partial charge < -0.3 is 10.1 Å². The van der Waals surface area contributed by atoms with Gasteiger partial charge in [-0.15, -0.1) is 0 Å². The van der Waals surface area contributed by atoms with Gasteiger partial charge in [-0.1, -0.05) is 68.1 Å². The molecule has 0 aliphatic carbocycles. The predicted octanol–water partition coefficient (Wildman–Crippen LogP) is 7.08. The van der Waals surface area contributed by atoms with Gasteiger partial charge in [0, 0.05) is 5.70 Å². The number of hydrogen-bond acceptors (Lipinski definition) is 3. The van der Waals surface area contributed by atoms with Gasteiger partial charge in [0.2, 0.25) is 0 Å². The zero-order valence-electron chi connectivity index (χ0n) is 19.9. The van der Waals surface area contributed by atoms with Crippen molar-refractivity contribution in [3.63, 3.8) is 0 Å². The Morgan fingerprint density at radius 2 is 1.61 bits per heavy atom. The summed E-state index contributed by atoms with van der Waals surface area (Å²) in [6.45, 7) is 21.4. The average molecular weight is 419 g/mol. The molecule has 0 saturated heterocycles. The van der Waals surface area contributed by atoms with Crippen LogP contribution in [0, 0.1) is 5.92 Å². The smallest absolute Gasteiger partial charge is 0.119 e. The Hall–Kier alpha value is -2.91. The Morgan fingerprint density at radius 1 is 1.00 bits per heavy atom. The maximum atomic E-state index is 5.70. The standard InChI is InChI=1S/C16H16O.C12H22N2/c1-13(2)15-8-10-16(11-9-15)17-12-14-6-4-3-5-7-14;1-9(7-8-13-5)10(2)11(3)12(4)14-6/h3-11H,1,12H2,2H3;9,13H,2,6-8H2,1,3-5H3/b;12-11-. The van der Waals surface area contributed by atoms with Crippen molar-refractivity contribution in [1.82, 2.24) is 5.32 Å². The Labute approximate surface area is 189 Å². The fourth-order valence-corrected chi connectivity index (χ4v) is 2.83. The van der Waals surface area contributed by atoms with E-state index in [-0.39, 0.29) is 0 Å². The summed E-state index contributed by atoms with van der Waals surface area (Å²) < 4.78 is 5.70. The van der Waals surface area contributed by atoms with Crippen LogP contribution in [0.15, 0.2) is 89.6 Å². The van der Waals surface area contributed by atoms with Crippen LogP contribution in [0.5, 0.6) is 5.75 Å². The van der Waals surface area contributed by atoms with Crippen LogP contribution in [0.3, 0.4) is 0 Å². The lowest BCUT2D eigenvalue weighted by molar-refractivity contribution is 0.306. The maximum Gasteiger partial charge on any atom is 0.119 e. The minimum absolute atomic E-state index is 0.499. The lowest BCUT2D eigenvalue weighted by Gasteiger charge is -2.16. The molecule has 0 aliphatic rings. The number of hydrogen-bond donors (Lipinski definition) is 1. The van der Waals surface area contributed by atoms with Crippen LogP contribution in [-0.2, 0) is 6.61 Å². The molecule has 3 nitrogen and oxygen atoms in total. The summed E-state index contributed by atoms with van der Waals surface area (Å²) in [5, 5.41) is 3.14. The number of aliphatic imine (C=N–C) groups is 1. The van der Waals surface area contributed by atoms with Gasteiger partial charge in [0.15, 0.2) is 0 Å². The molecular weight excluding hydrogens is 380 g/mol. The first kappa shape index (κ1) is 26.1. The second kappa shape index (κ2) is 14.2. The Balaban J connectivity index is 0.000000318. The molecule has 1 unspecified atom stereocenters. The number of nitrogens with one attached hydrogen (secondary N) is 1. The number of benzene rings is 2. The van der Waals surface area contributed by atoms with Crippen LogP contribution >= 0.6 is 0 Å². The van der Waals surface area contributed by atoms with Crippen molar-refractivity contribution in [2.24, 2.45) is 10.9 Å². The highest BCUT2D eigenvalue weighted by Gasteiger charge is 2.09. The molecule has 31 heavy (non-hydrogen) atoms. The van der Waals surface area contributed by atoms with Crippen LogP contribution in [0.1, 0.15) is 45.2 Å². The third-order valence-electron chi connectivity index (χ3n) is 5.28. The van der Waals surface area contributed by atoms with Crippen molar-refractivity contribution in [3.8, 4) is 5.75 Å². The molecular formula is C28H38N2O. The van der Waals surface area contributed by atoms with Gasteiger partial charge in [-0.3, -0.25) is 4.99 Å². The van der Waals surface area contributed by atoms with E-state index in [0.717, 1.165) is 35.5 Å². The van der Waals surface area contributed by atoms with E-state index in [2.05, 4.69) is 56.2 Å². The van der Waals surface area contributed by atoms with Crippen LogP contribution < -0.4 is 10.1 Å². The summed E-state index contributed by atoms with van der Waals surface area (Å²) in [7, 11) is 1.97. The van der Waals surface area contributed by atoms with Gasteiger partial charge in [-0.25, -0.2) is 0 Å². The molecule has 2 rings (SSSR count). The molecule has 3 heteroatoms. The maximum absolute atomic E-state index is 5.70. The second-order valence-corrected chi connectivity index (χ2v) is 7.77. The molecule has 1 atom stereocenters. The lowest BCUT2D eigenvalue weighted by atomic mass is 9.92. The molecule has 0 amide bonds. The van der Waals surface area contributed by atoms with Crippen molar-refractivity contribution >= 4 is 12.3 Å². The third kappa shape index (κ3) is 9.63. The molecule has 0 radical (unpaired) electrons. The molecule has 0 fully saturated rings. The Kier molecular flexibility index (Phi) is 11.9. The summed E-state index contributed by atoms with van der Waals surface area (Å²) in [6.07, 6.45) is 1.11. The highest BCUT2D eigenvalue weighted by molar-refractivity contribution is 5.61. The van der Waals surface area contributed by atoms with E-state index < -0.39 is 0 Å². The highest BCUT2D eigenvalue weighted by Crippen LogP contribution is 2.23. The Morgan fingerprint density at radius 3 is 2.13 bits per heavy atom. The van der Waals surface area contributed by atoms with E-state index >= 15 is 0 Å². The van der Waals surface area contributed by atoms with Gasteiger partial charge in [-0.05, 0) is 87.8 Å². The van der Waals surface area contributed by atoms with Crippen LogP contribution in [0.2, 0.25) is 0 Å². The summed E-state index contributed by atoms with van der Waals surface area (Å²) in [4.78, 5) is 3.93. The zero-order valence-corrected chi connectivity index (χ0v) is 19.9. The lowest BCUT2D eigenvalue weighted by Crippen LogP contribution is -2.13. The van der Waals surface area contributed by atoms with Gasteiger partial charge in [0.05, 0.1) is 0 Å². The van der Waals surface area contributed by atoms with Crippen molar-refractivity contribution in [1.29, 1.82) is 0 Å². The van der Waals surface area contributed by atoms with Crippen molar-refractivity contribution in [3.05, 3.63) is 95.7 Å². The first-order valence-corrected chi connectivity index (χ1v) is 10.7. The van der Waals surface area contributed by atoms with E-state index in [4.69, 9.17) is 4.74 Å². The van der Waals surface area contributed by atoms with Crippen LogP contribution in [-0.4, -0.2) is 20.3 Å². The minimum atomic E-state index is 0.499. The fraction of sp³-hybridized carbons (Fsp3) is 0.321. The van der Waals surface area contributed by atoms with Gasteiger partial charge in [0.1, 0.15) is 12.4 Å². The summed E-state index contributed by atoms with van der Waals surface area (Å²) in [5.74, 6) is 1.39. The molecule has 2 aromatic carbocycles. The quantitative estimate of drug-likeness (QED) is 0.330. The molecule has 0 spiro atoms. The Bertz CT molecular complexity index is 864. The average Bonchev–Trinajstić information content (AvgIpc) is 2.81. The molecule has 166 valence electrons. The molecule has 0 heterocycles. The summed E-state index contributed by atoms with van der Waals surface area (Å²) in [6, 6.07) is 18.2. The van der Waals surface area contributed by atoms with E-state index in [1.165, 1.54) is 16.7 Å². The molecule has 0 aliphatic heterocycles. The van der Waals surface area contributed by atoms with Crippen LogP contribution in [0.25, 0.3) is 5.57 Å². The largest absolute Gasteiger partial charge is 0.489 e. The highest BCUT2D eigenvalue weighted by atomic mass is 16.5. The number of nitrogens with zero attached hydrogens (tertiary/aromatic N) is 1. The van der Waals surface area contributed by atoms with Gasteiger partial charge in [0.25, 0.3) is 0 Å². The molecule has 2 aromatic rings. The number of rotatable bonds is 10. The van der Waals surface area contributed by atoms with Crippen molar-refractivity contribution in [2.75, 3.05) is 13.6 Å². The minimum Gasteiger partial charge on any atom is -0.489 e. The van der Waals surface area contributed by atoms with Crippen LogP contribution in [0.4, 0.5) is 0 Å². The van der Waals surface area contributed by atoms with E-state index in [9.17, 15) is 0 Å². The molecule has 0 saturated carbocycles. The third-order valence-corrected chi connectivity index (χ3v) is 5.28. The topological polar surface area (TPSA) is 33.6 Å². The monoisotopic (exact) mass is 418 g/mol. The second-order valence-electron chi connectivity index (χ2n) is 7.77. The SMILES string of the molecule is C=C(C)c1ccc(OCc2ccccc2)cc1.C=N/C(C)=C(/C)C(=C)C(C)CCNC. The van der Waals surface area contributed by atoms with E-state index in [1.54, 1.807) is 0 Å². The van der Waals surface area contributed by atoms with Gasteiger partial charge in [-0.2, -0.15) is 0 Å². The van der Waals surface area contributed by atoms with Gasteiger partial charge >= 0.3 is 0 Å².